The molecule has 0 fully saturated rings. The fourth-order valence-corrected chi connectivity index (χ4v) is 3.38. The molecule has 1 amide bonds. The van der Waals surface area contributed by atoms with Gasteiger partial charge in [-0.15, -0.1) is 0 Å². The Labute approximate surface area is 183 Å². The van der Waals surface area contributed by atoms with E-state index in [1.165, 1.54) is 0 Å². The van der Waals surface area contributed by atoms with Crippen LogP contribution in [0, 0.1) is 13.8 Å². The Morgan fingerprint density at radius 2 is 1.87 bits per heavy atom. The van der Waals surface area contributed by atoms with E-state index in [2.05, 4.69) is 10.3 Å². The predicted octanol–water partition coefficient (Wildman–Crippen LogP) is 6.44. The van der Waals surface area contributed by atoms with Gasteiger partial charge < -0.3 is 14.5 Å². The number of halogens is 2. The number of nitrogens with one attached hydrogen (secondary N) is 1. The number of hydrogen-bond acceptors (Lipinski definition) is 4. The molecule has 1 N–H and O–H groups in total. The SMILES string of the molecule is Cc1ccc(-c2nc3cc(NC(=O)COc4ccc(Cl)cc4C)ccc3o2)cc1Cl. The number of nitrogens with zero attached hydrogens (tertiary/aromatic N) is 1. The summed E-state index contributed by atoms with van der Waals surface area (Å²) in [5, 5.41) is 4.08. The number of amides is 1. The zero-order valence-corrected chi connectivity index (χ0v) is 17.8. The number of benzene rings is 3. The van der Waals surface area contributed by atoms with Gasteiger partial charge in [0.2, 0.25) is 5.89 Å². The van der Waals surface area contributed by atoms with Gasteiger partial charge in [0.05, 0.1) is 0 Å². The van der Waals surface area contributed by atoms with Crippen LogP contribution in [0.25, 0.3) is 22.6 Å². The van der Waals surface area contributed by atoms with Crippen molar-refractivity contribution in [1.29, 1.82) is 0 Å². The minimum Gasteiger partial charge on any atom is -0.483 e. The van der Waals surface area contributed by atoms with E-state index in [0.717, 1.165) is 16.7 Å². The molecule has 7 heteroatoms. The lowest BCUT2D eigenvalue weighted by Gasteiger charge is -2.09. The summed E-state index contributed by atoms with van der Waals surface area (Å²) in [5.41, 5.74) is 4.49. The van der Waals surface area contributed by atoms with E-state index in [9.17, 15) is 4.79 Å². The normalized spacial score (nSPS) is 10.9. The molecule has 0 atom stereocenters. The van der Waals surface area contributed by atoms with Crippen LogP contribution in [0.15, 0.2) is 59.0 Å². The van der Waals surface area contributed by atoms with Crippen molar-refractivity contribution in [3.8, 4) is 17.2 Å². The highest BCUT2D eigenvalue weighted by Gasteiger charge is 2.12. The standard InChI is InChI=1S/C23H18Cl2N2O3/c1-13-3-4-15(10-18(13)25)23-27-19-11-17(6-8-21(19)30-23)26-22(28)12-29-20-7-5-16(24)9-14(20)2/h3-11H,12H2,1-2H3,(H,26,28). The van der Waals surface area contributed by atoms with Crippen LogP contribution in [0.5, 0.6) is 5.75 Å². The quantitative estimate of drug-likeness (QED) is 0.387. The highest BCUT2D eigenvalue weighted by Crippen LogP contribution is 2.29. The van der Waals surface area contributed by atoms with Gasteiger partial charge in [0.1, 0.15) is 11.3 Å². The molecule has 0 unspecified atom stereocenters. The van der Waals surface area contributed by atoms with Gasteiger partial charge in [0.25, 0.3) is 5.91 Å². The molecule has 30 heavy (non-hydrogen) atoms. The van der Waals surface area contributed by atoms with Crippen molar-refractivity contribution >= 4 is 45.9 Å². The molecule has 4 aromatic rings. The van der Waals surface area contributed by atoms with Crippen LogP contribution >= 0.6 is 23.2 Å². The first-order valence-electron chi connectivity index (χ1n) is 9.25. The molecule has 0 saturated carbocycles. The van der Waals surface area contributed by atoms with E-state index in [0.29, 0.717) is 38.5 Å². The Bertz CT molecular complexity index is 1250. The summed E-state index contributed by atoms with van der Waals surface area (Å²) in [6.45, 7) is 3.69. The summed E-state index contributed by atoms with van der Waals surface area (Å²) in [6, 6.07) is 16.2. The van der Waals surface area contributed by atoms with Crippen molar-refractivity contribution in [3.05, 3.63) is 75.8 Å². The second-order valence-electron chi connectivity index (χ2n) is 6.91. The van der Waals surface area contributed by atoms with Crippen LogP contribution in [-0.2, 0) is 4.79 Å². The Hall–Kier alpha value is -3.02. The van der Waals surface area contributed by atoms with E-state index in [1.54, 1.807) is 36.4 Å². The van der Waals surface area contributed by atoms with Crippen molar-refractivity contribution in [2.75, 3.05) is 11.9 Å². The number of carbonyl (C=O) groups excluding carboxylic acids is 1. The third kappa shape index (κ3) is 4.42. The molecule has 0 bridgehead atoms. The number of carbonyl (C=O) groups is 1. The van der Waals surface area contributed by atoms with Crippen molar-refractivity contribution in [3.63, 3.8) is 0 Å². The van der Waals surface area contributed by atoms with Crippen LogP contribution in [0.1, 0.15) is 11.1 Å². The zero-order valence-electron chi connectivity index (χ0n) is 16.3. The monoisotopic (exact) mass is 440 g/mol. The number of oxazole rings is 1. The summed E-state index contributed by atoms with van der Waals surface area (Å²) in [6.07, 6.45) is 0. The van der Waals surface area contributed by atoms with E-state index in [4.69, 9.17) is 32.4 Å². The molecule has 0 aliphatic carbocycles. The van der Waals surface area contributed by atoms with Crippen molar-refractivity contribution in [2.45, 2.75) is 13.8 Å². The zero-order chi connectivity index (χ0) is 21.3. The number of rotatable bonds is 5. The first-order valence-corrected chi connectivity index (χ1v) is 10.0. The minimum absolute atomic E-state index is 0.119. The molecule has 152 valence electrons. The number of ether oxygens (including phenoxy) is 1. The topological polar surface area (TPSA) is 64.4 Å². The highest BCUT2D eigenvalue weighted by atomic mass is 35.5. The average Bonchev–Trinajstić information content (AvgIpc) is 3.13. The summed E-state index contributed by atoms with van der Waals surface area (Å²) in [7, 11) is 0. The van der Waals surface area contributed by atoms with Gasteiger partial charge >= 0.3 is 0 Å². The first kappa shape index (κ1) is 20.3. The van der Waals surface area contributed by atoms with E-state index in [-0.39, 0.29) is 12.5 Å². The van der Waals surface area contributed by atoms with E-state index in [1.807, 2.05) is 32.0 Å². The number of aryl methyl sites for hydroxylation is 2. The molecule has 0 spiro atoms. The Balaban J connectivity index is 1.46. The molecule has 3 aromatic carbocycles. The largest absolute Gasteiger partial charge is 0.483 e. The average molecular weight is 441 g/mol. The van der Waals surface area contributed by atoms with Crippen LogP contribution in [0.2, 0.25) is 10.0 Å². The smallest absolute Gasteiger partial charge is 0.262 e. The lowest BCUT2D eigenvalue weighted by atomic mass is 10.1. The maximum atomic E-state index is 12.3. The van der Waals surface area contributed by atoms with Crippen LogP contribution in [0.3, 0.4) is 0 Å². The third-order valence-electron chi connectivity index (χ3n) is 4.59. The molecule has 1 aromatic heterocycles. The Morgan fingerprint density at radius 1 is 1.03 bits per heavy atom. The first-order chi connectivity index (χ1) is 14.4. The summed E-state index contributed by atoms with van der Waals surface area (Å²) >= 11 is 12.1. The fourth-order valence-electron chi connectivity index (χ4n) is 2.97. The van der Waals surface area contributed by atoms with Gasteiger partial charge in [-0.25, -0.2) is 4.98 Å². The molecule has 4 rings (SSSR count). The van der Waals surface area contributed by atoms with Crippen LogP contribution in [-0.4, -0.2) is 17.5 Å². The third-order valence-corrected chi connectivity index (χ3v) is 5.23. The van der Waals surface area contributed by atoms with E-state index < -0.39 is 0 Å². The number of fused-ring (bicyclic) bond motifs is 1. The molecular weight excluding hydrogens is 423 g/mol. The summed E-state index contributed by atoms with van der Waals surface area (Å²) in [5.74, 6) is 0.803. The molecule has 0 aliphatic rings. The highest BCUT2D eigenvalue weighted by molar-refractivity contribution is 6.31. The molecular formula is C23H18Cl2N2O3. The van der Waals surface area contributed by atoms with Crippen LogP contribution < -0.4 is 10.1 Å². The number of aromatic nitrogens is 1. The summed E-state index contributed by atoms with van der Waals surface area (Å²) in [4.78, 5) is 16.8. The number of anilines is 1. The molecule has 0 aliphatic heterocycles. The minimum atomic E-state index is -0.280. The molecule has 0 saturated heterocycles. The second-order valence-corrected chi connectivity index (χ2v) is 7.76. The van der Waals surface area contributed by atoms with Gasteiger partial charge in [-0.1, -0.05) is 29.3 Å². The Morgan fingerprint density at radius 3 is 2.63 bits per heavy atom. The maximum absolute atomic E-state index is 12.3. The number of hydrogen-bond donors (Lipinski definition) is 1. The van der Waals surface area contributed by atoms with Gasteiger partial charge in [-0.3, -0.25) is 4.79 Å². The second kappa shape index (κ2) is 8.38. The van der Waals surface area contributed by atoms with Crippen molar-refractivity contribution < 1.29 is 13.9 Å². The predicted molar refractivity (Wildman–Crippen MR) is 120 cm³/mol. The maximum Gasteiger partial charge on any atom is 0.262 e. The molecule has 0 radical (unpaired) electrons. The van der Waals surface area contributed by atoms with Crippen molar-refractivity contribution in [1.82, 2.24) is 4.98 Å². The molecule has 1 heterocycles. The van der Waals surface area contributed by atoms with Gasteiger partial charge in [-0.2, -0.15) is 0 Å². The molecule has 5 nitrogen and oxygen atoms in total. The fraction of sp³-hybridized carbons (Fsp3) is 0.130. The van der Waals surface area contributed by atoms with Gasteiger partial charge in [-0.05, 0) is 73.5 Å². The van der Waals surface area contributed by atoms with Gasteiger partial charge in [0.15, 0.2) is 12.2 Å². The van der Waals surface area contributed by atoms with Crippen LogP contribution in [0.4, 0.5) is 5.69 Å². The van der Waals surface area contributed by atoms with E-state index >= 15 is 0 Å². The lowest BCUT2D eigenvalue weighted by molar-refractivity contribution is -0.118. The summed E-state index contributed by atoms with van der Waals surface area (Å²) < 4.78 is 11.4. The van der Waals surface area contributed by atoms with Gasteiger partial charge in [0, 0.05) is 21.3 Å². The Kier molecular flexibility index (Phi) is 5.66. The lowest BCUT2D eigenvalue weighted by Crippen LogP contribution is -2.20. The van der Waals surface area contributed by atoms with Crippen molar-refractivity contribution in [2.24, 2.45) is 0 Å².